The zero-order valence-corrected chi connectivity index (χ0v) is 14.2. The lowest BCUT2D eigenvalue weighted by Gasteiger charge is -2.16. The lowest BCUT2D eigenvalue weighted by Crippen LogP contribution is -2.28. The third-order valence-electron chi connectivity index (χ3n) is 3.42. The molecule has 1 heterocycles. The summed E-state index contributed by atoms with van der Waals surface area (Å²) in [7, 11) is 0. The van der Waals surface area contributed by atoms with Crippen molar-refractivity contribution in [3.8, 4) is 17.2 Å². The number of nitrogens with one attached hydrogen (secondary N) is 1. The maximum atomic E-state index is 6.10. The van der Waals surface area contributed by atoms with E-state index in [1.807, 2.05) is 25.1 Å². The van der Waals surface area contributed by atoms with Crippen LogP contribution in [-0.2, 0) is 6.54 Å². The summed E-state index contributed by atoms with van der Waals surface area (Å²) in [6, 6.07) is 11.1. The minimum absolute atomic E-state index is 0.0253. The molecule has 122 valence electrons. The van der Waals surface area contributed by atoms with Crippen LogP contribution in [0.25, 0.3) is 0 Å². The highest BCUT2D eigenvalue weighted by Crippen LogP contribution is 2.32. The van der Waals surface area contributed by atoms with Gasteiger partial charge in [0.2, 0.25) is 6.79 Å². The minimum Gasteiger partial charge on any atom is -0.488 e. The quantitative estimate of drug-likeness (QED) is 0.841. The second-order valence-electron chi connectivity index (χ2n) is 5.32. The van der Waals surface area contributed by atoms with Crippen molar-refractivity contribution in [1.29, 1.82) is 0 Å². The highest BCUT2D eigenvalue weighted by Gasteiger charge is 2.13. The van der Waals surface area contributed by atoms with Crippen LogP contribution in [0, 0.1) is 0 Å². The molecule has 2 aromatic rings. The Morgan fingerprint density at radius 3 is 2.78 bits per heavy atom. The Morgan fingerprint density at radius 2 is 1.96 bits per heavy atom. The SMILES string of the molecule is CC(CNCc1ccc2c(c1)OCO2)Oc1ccc(Cl)cc1Cl. The molecule has 0 saturated heterocycles. The van der Waals surface area contributed by atoms with Crippen LogP contribution in [0.3, 0.4) is 0 Å². The molecular formula is C17H17Cl2NO3. The van der Waals surface area contributed by atoms with Crippen molar-refractivity contribution in [3.63, 3.8) is 0 Å². The lowest BCUT2D eigenvalue weighted by molar-refractivity contribution is 0.174. The van der Waals surface area contributed by atoms with Crippen LogP contribution in [0.5, 0.6) is 17.2 Å². The number of hydrogen-bond acceptors (Lipinski definition) is 4. The summed E-state index contributed by atoms with van der Waals surface area (Å²) < 4.78 is 16.5. The molecule has 4 nitrogen and oxygen atoms in total. The molecule has 3 rings (SSSR count). The first-order valence-corrected chi connectivity index (χ1v) is 8.08. The van der Waals surface area contributed by atoms with Crippen molar-refractivity contribution in [2.45, 2.75) is 19.6 Å². The fourth-order valence-electron chi connectivity index (χ4n) is 2.30. The lowest BCUT2D eigenvalue weighted by atomic mass is 10.2. The molecule has 1 N–H and O–H groups in total. The largest absolute Gasteiger partial charge is 0.488 e. The maximum Gasteiger partial charge on any atom is 0.231 e. The van der Waals surface area contributed by atoms with Gasteiger partial charge in [-0.1, -0.05) is 29.3 Å². The third kappa shape index (κ3) is 4.22. The van der Waals surface area contributed by atoms with Crippen molar-refractivity contribution in [2.24, 2.45) is 0 Å². The van der Waals surface area contributed by atoms with Crippen molar-refractivity contribution < 1.29 is 14.2 Å². The van der Waals surface area contributed by atoms with E-state index in [9.17, 15) is 0 Å². The molecule has 0 aromatic heterocycles. The molecule has 0 saturated carbocycles. The second-order valence-corrected chi connectivity index (χ2v) is 6.17. The number of benzene rings is 2. The highest BCUT2D eigenvalue weighted by atomic mass is 35.5. The van der Waals surface area contributed by atoms with E-state index in [0.29, 0.717) is 29.1 Å². The minimum atomic E-state index is -0.0253. The summed E-state index contributed by atoms with van der Waals surface area (Å²) >= 11 is 12.0. The molecule has 0 bridgehead atoms. The predicted octanol–water partition coefficient (Wildman–Crippen LogP) is 4.28. The van der Waals surface area contributed by atoms with Gasteiger partial charge < -0.3 is 19.5 Å². The Bertz CT molecular complexity index is 694. The standard InChI is InChI=1S/C17H17Cl2NO3/c1-11(23-15-5-3-13(18)7-14(15)19)8-20-9-12-2-4-16-17(6-12)22-10-21-16/h2-7,11,20H,8-10H2,1H3. The molecular weight excluding hydrogens is 337 g/mol. The Kier molecular flexibility index (Phi) is 5.16. The van der Waals surface area contributed by atoms with Gasteiger partial charge in [-0.2, -0.15) is 0 Å². The van der Waals surface area contributed by atoms with Gasteiger partial charge in [-0.15, -0.1) is 0 Å². The van der Waals surface area contributed by atoms with Crippen LogP contribution in [0.1, 0.15) is 12.5 Å². The molecule has 0 fully saturated rings. The van der Waals surface area contributed by atoms with Crippen molar-refractivity contribution in [2.75, 3.05) is 13.3 Å². The van der Waals surface area contributed by atoms with Crippen molar-refractivity contribution in [3.05, 3.63) is 52.0 Å². The topological polar surface area (TPSA) is 39.7 Å². The number of halogens is 2. The molecule has 2 aromatic carbocycles. The van der Waals surface area contributed by atoms with Crippen molar-refractivity contribution in [1.82, 2.24) is 5.32 Å². The van der Waals surface area contributed by atoms with E-state index in [4.69, 9.17) is 37.4 Å². The van der Waals surface area contributed by atoms with Gasteiger partial charge in [0.1, 0.15) is 11.9 Å². The predicted molar refractivity (Wildman–Crippen MR) is 90.8 cm³/mol. The Labute approximate surface area is 145 Å². The fourth-order valence-corrected chi connectivity index (χ4v) is 2.75. The van der Waals surface area contributed by atoms with Crippen molar-refractivity contribution >= 4 is 23.2 Å². The highest BCUT2D eigenvalue weighted by molar-refractivity contribution is 6.35. The summed E-state index contributed by atoms with van der Waals surface area (Å²) in [4.78, 5) is 0. The molecule has 1 aliphatic rings. The summed E-state index contributed by atoms with van der Waals surface area (Å²) in [5, 5.41) is 4.46. The molecule has 23 heavy (non-hydrogen) atoms. The number of fused-ring (bicyclic) bond motifs is 1. The first-order chi connectivity index (χ1) is 11.1. The van der Waals surface area contributed by atoms with E-state index in [1.54, 1.807) is 18.2 Å². The van der Waals surface area contributed by atoms with Gasteiger partial charge in [-0.25, -0.2) is 0 Å². The number of hydrogen-bond donors (Lipinski definition) is 1. The average molecular weight is 354 g/mol. The normalized spacial score (nSPS) is 13.9. The summed E-state index contributed by atoms with van der Waals surface area (Å²) in [6.45, 7) is 3.68. The van der Waals surface area contributed by atoms with E-state index < -0.39 is 0 Å². The molecule has 1 aliphatic heterocycles. The van der Waals surface area contributed by atoms with Gasteiger partial charge >= 0.3 is 0 Å². The maximum absolute atomic E-state index is 6.10. The summed E-state index contributed by atoms with van der Waals surface area (Å²) in [5.41, 5.74) is 1.13. The molecule has 0 amide bonds. The monoisotopic (exact) mass is 353 g/mol. The van der Waals surface area contributed by atoms with Crippen LogP contribution in [-0.4, -0.2) is 19.4 Å². The van der Waals surface area contributed by atoms with E-state index >= 15 is 0 Å². The van der Waals surface area contributed by atoms with Crippen LogP contribution < -0.4 is 19.5 Å². The molecule has 1 atom stereocenters. The average Bonchev–Trinajstić information content (AvgIpc) is 2.98. The summed E-state index contributed by atoms with van der Waals surface area (Å²) in [5.74, 6) is 2.22. The van der Waals surface area contributed by atoms with Gasteiger partial charge in [0, 0.05) is 18.1 Å². The molecule has 1 unspecified atom stereocenters. The molecule has 0 aliphatic carbocycles. The smallest absolute Gasteiger partial charge is 0.231 e. The van der Waals surface area contributed by atoms with Crippen LogP contribution in [0.4, 0.5) is 0 Å². The Morgan fingerprint density at radius 1 is 1.13 bits per heavy atom. The fraction of sp³-hybridized carbons (Fsp3) is 0.294. The van der Waals surface area contributed by atoms with E-state index in [2.05, 4.69) is 5.32 Å². The van der Waals surface area contributed by atoms with Gasteiger partial charge in [0.05, 0.1) is 5.02 Å². The van der Waals surface area contributed by atoms with Crippen LogP contribution in [0.15, 0.2) is 36.4 Å². The zero-order chi connectivity index (χ0) is 16.2. The third-order valence-corrected chi connectivity index (χ3v) is 3.95. The second kappa shape index (κ2) is 7.30. The number of ether oxygens (including phenoxy) is 3. The van der Waals surface area contributed by atoms with Gasteiger partial charge in [0.15, 0.2) is 11.5 Å². The molecule has 6 heteroatoms. The molecule has 0 radical (unpaired) electrons. The Hall–Kier alpha value is -1.62. The van der Waals surface area contributed by atoms with Gasteiger partial charge in [0.25, 0.3) is 0 Å². The van der Waals surface area contributed by atoms with E-state index in [0.717, 1.165) is 23.6 Å². The molecule has 0 spiro atoms. The summed E-state index contributed by atoms with van der Waals surface area (Å²) in [6.07, 6.45) is -0.0253. The Balaban J connectivity index is 1.48. The first kappa shape index (κ1) is 16.2. The number of rotatable bonds is 6. The van der Waals surface area contributed by atoms with E-state index in [-0.39, 0.29) is 6.10 Å². The zero-order valence-electron chi connectivity index (χ0n) is 12.6. The first-order valence-electron chi connectivity index (χ1n) is 7.33. The van der Waals surface area contributed by atoms with Gasteiger partial charge in [-0.3, -0.25) is 0 Å². The van der Waals surface area contributed by atoms with Crippen LogP contribution in [0.2, 0.25) is 10.0 Å². The van der Waals surface area contributed by atoms with E-state index in [1.165, 1.54) is 0 Å². The van der Waals surface area contributed by atoms with Crippen LogP contribution >= 0.6 is 23.2 Å². The van der Waals surface area contributed by atoms with Gasteiger partial charge in [-0.05, 0) is 42.8 Å².